The summed E-state index contributed by atoms with van der Waals surface area (Å²) in [5.74, 6) is 0. The highest BCUT2D eigenvalue weighted by atomic mass is 32.2. The highest BCUT2D eigenvalue weighted by Gasteiger charge is 2.33. The lowest BCUT2D eigenvalue weighted by molar-refractivity contribution is 0.434. The zero-order chi connectivity index (χ0) is 11.3. The Hall–Kier alpha value is -0.600. The summed E-state index contributed by atoms with van der Waals surface area (Å²) in [7, 11) is -3.21. The summed E-state index contributed by atoms with van der Waals surface area (Å²) in [6, 6.07) is 1.93. The molecule has 0 saturated heterocycles. The minimum atomic E-state index is -3.21. The molecule has 0 bridgehead atoms. The van der Waals surface area contributed by atoms with E-state index in [1.165, 1.54) is 4.31 Å². The van der Waals surface area contributed by atoms with Crippen LogP contribution in [0.15, 0.2) is 0 Å². The molecule has 1 saturated carbocycles. The average Bonchev–Trinajstić information content (AvgIpc) is 2.70. The van der Waals surface area contributed by atoms with Gasteiger partial charge in [-0.05, 0) is 19.3 Å². The highest BCUT2D eigenvalue weighted by molar-refractivity contribution is 7.89. The number of nitriles is 1. The molecule has 0 N–H and O–H groups in total. The van der Waals surface area contributed by atoms with Gasteiger partial charge in [0.15, 0.2) is 0 Å². The van der Waals surface area contributed by atoms with Crippen LogP contribution in [0, 0.1) is 11.3 Å². The predicted octanol–water partition coefficient (Wildman–Crippen LogP) is 1.49. The molecular formula is C10H18N2O2S. The first-order chi connectivity index (χ1) is 7.12. The maximum Gasteiger partial charge on any atom is 0.217 e. The molecular weight excluding hydrogens is 212 g/mol. The van der Waals surface area contributed by atoms with Crippen LogP contribution in [0.25, 0.3) is 0 Å². The molecule has 4 nitrogen and oxygen atoms in total. The van der Waals surface area contributed by atoms with Gasteiger partial charge in [0.2, 0.25) is 10.0 Å². The number of hydrogen-bond acceptors (Lipinski definition) is 3. The van der Waals surface area contributed by atoms with Crippen LogP contribution < -0.4 is 0 Å². The average molecular weight is 230 g/mol. The molecule has 1 aliphatic rings. The van der Waals surface area contributed by atoms with E-state index in [4.69, 9.17) is 5.26 Å². The molecule has 0 aliphatic heterocycles. The van der Waals surface area contributed by atoms with Crippen LogP contribution in [0.5, 0.6) is 0 Å². The summed E-state index contributed by atoms with van der Waals surface area (Å²) in [4.78, 5) is 0. The SMILES string of the molecule is CCCN(CC#N)S(=O)(=O)C1CCCC1. The Bertz CT molecular complexity index is 326. The van der Waals surface area contributed by atoms with Crippen LogP contribution in [0.2, 0.25) is 0 Å². The molecule has 86 valence electrons. The second-order valence-corrected chi connectivity index (χ2v) is 6.16. The van der Waals surface area contributed by atoms with E-state index in [0.717, 1.165) is 32.1 Å². The second-order valence-electron chi connectivity index (χ2n) is 3.94. The number of rotatable bonds is 5. The monoisotopic (exact) mass is 230 g/mol. The fourth-order valence-electron chi connectivity index (χ4n) is 2.02. The van der Waals surface area contributed by atoms with Crippen molar-refractivity contribution in [3.8, 4) is 6.07 Å². The van der Waals surface area contributed by atoms with Crippen LogP contribution >= 0.6 is 0 Å². The molecule has 0 atom stereocenters. The molecule has 1 fully saturated rings. The first kappa shape index (κ1) is 12.5. The maximum atomic E-state index is 12.1. The van der Waals surface area contributed by atoms with Gasteiger partial charge >= 0.3 is 0 Å². The fraction of sp³-hybridized carbons (Fsp3) is 0.900. The Morgan fingerprint density at radius 3 is 2.47 bits per heavy atom. The zero-order valence-corrected chi connectivity index (χ0v) is 9.96. The lowest BCUT2D eigenvalue weighted by atomic mass is 10.4. The number of sulfonamides is 1. The van der Waals surface area contributed by atoms with Gasteiger partial charge in [0.1, 0.15) is 6.54 Å². The Morgan fingerprint density at radius 1 is 1.40 bits per heavy atom. The Morgan fingerprint density at radius 2 is 2.00 bits per heavy atom. The molecule has 0 spiro atoms. The molecule has 0 heterocycles. The maximum absolute atomic E-state index is 12.1. The van der Waals surface area contributed by atoms with Crippen LogP contribution in [-0.4, -0.2) is 31.1 Å². The first-order valence-corrected chi connectivity index (χ1v) is 6.99. The van der Waals surface area contributed by atoms with Crippen molar-refractivity contribution in [3.05, 3.63) is 0 Å². The molecule has 1 aliphatic carbocycles. The topological polar surface area (TPSA) is 61.2 Å². The standard InChI is InChI=1S/C10H18N2O2S/c1-2-8-12(9-7-11)15(13,14)10-5-3-4-6-10/h10H,2-6,8-9H2,1H3. The summed E-state index contributed by atoms with van der Waals surface area (Å²) in [6.45, 7) is 2.38. The first-order valence-electron chi connectivity index (χ1n) is 5.48. The third-order valence-electron chi connectivity index (χ3n) is 2.80. The van der Waals surface area contributed by atoms with E-state index in [1.807, 2.05) is 13.0 Å². The van der Waals surface area contributed by atoms with Crippen molar-refractivity contribution >= 4 is 10.0 Å². The normalized spacial score (nSPS) is 18.2. The van der Waals surface area contributed by atoms with Gasteiger partial charge in [0.25, 0.3) is 0 Å². The molecule has 0 unspecified atom stereocenters. The summed E-state index contributed by atoms with van der Waals surface area (Å²) in [5, 5.41) is 8.37. The fourth-order valence-corrected chi connectivity index (χ4v) is 4.05. The van der Waals surface area contributed by atoms with Crippen molar-refractivity contribution in [2.24, 2.45) is 0 Å². The third kappa shape index (κ3) is 2.93. The minimum Gasteiger partial charge on any atom is -0.212 e. The van der Waals surface area contributed by atoms with Gasteiger partial charge in [0.05, 0.1) is 11.3 Å². The molecule has 15 heavy (non-hydrogen) atoms. The van der Waals surface area contributed by atoms with Crippen molar-refractivity contribution < 1.29 is 8.42 Å². The van der Waals surface area contributed by atoms with Gasteiger partial charge in [-0.25, -0.2) is 8.42 Å². The van der Waals surface area contributed by atoms with Crippen molar-refractivity contribution in [3.63, 3.8) is 0 Å². The molecule has 1 rings (SSSR count). The van der Waals surface area contributed by atoms with Crippen LogP contribution in [0.4, 0.5) is 0 Å². The van der Waals surface area contributed by atoms with E-state index in [1.54, 1.807) is 0 Å². The molecule has 0 radical (unpaired) electrons. The quantitative estimate of drug-likeness (QED) is 0.672. The molecule has 5 heteroatoms. The smallest absolute Gasteiger partial charge is 0.212 e. The lowest BCUT2D eigenvalue weighted by Gasteiger charge is -2.22. The summed E-state index contributed by atoms with van der Waals surface area (Å²) < 4.78 is 25.5. The largest absolute Gasteiger partial charge is 0.217 e. The van der Waals surface area contributed by atoms with E-state index in [9.17, 15) is 8.42 Å². The Balaban J connectivity index is 2.75. The molecule has 0 aromatic heterocycles. The molecule has 0 amide bonds. The summed E-state index contributed by atoms with van der Waals surface area (Å²) in [6.07, 6.45) is 4.27. The number of hydrogen-bond donors (Lipinski definition) is 0. The second kappa shape index (κ2) is 5.47. The van der Waals surface area contributed by atoms with Gasteiger partial charge in [-0.3, -0.25) is 0 Å². The third-order valence-corrected chi connectivity index (χ3v) is 5.15. The Labute approximate surface area is 91.9 Å². The van der Waals surface area contributed by atoms with Crippen LogP contribution in [0.1, 0.15) is 39.0 Å². The van der Waals surface area contributed by atoms with Crippen molar-refractivity contribution in [1.29, 1.82) is 5.26 Å². The van der Waals surface area contributed by atoms with Crippen LogP contribution in [-0.2, 0) is 10.0 Å². The van der Waals surface area contributed by atoms with Gasteiger partial charge in [0, 0.05) is 6.54 Å². The molecule has 0 aromatic rings. The Kier molecular flexibility index (Phi) is 4.55. The lowest BCUT2D eigenvalue weighted by Crippen LogP contribution is -2.38. The van der Waals surface area contributed by atoms with Gasteiger partial charge in [-0.2, -0.15) is 9.57 Å². The van der Waals surface area contributed by atoms with Crippen molar-refractivity contribution in [1.82, 2.24) is 4.31 Å². The van der Waals surface area contributed by atoms with E-state index in [0.29, 0.717) is 6.54 Å². The highest BCUT2D eigenvalue weighted by Crippen LogP contribution is 2.26. The molecule has 0 aromatic carbocycles. The van der Waals surface area contributed by atoms with Gasteiger partial charge < -0.3 is 0 Å². The van der Waals surface area contributed by atoms with Gasteiger partial charge in [-0.1, -0.05) is 19.8 Å². The predicted molar refractivity (Wildman–Crippen MR) is 58.7 cm³/mol. The minimum absolute atomic E-state index is 0.00727. The van der Waals surface area contributed by atoms with Gasteiger partial charge in [-0.15, -0.1) is 0 Å². The van der Waals surface area contributed by atoms with E-state index in [-0.39, 0.29) is 11.8 Å². The summed E-state index contributed by atoms with van der Waals surface area (Å²) in [5.41, 5.74) is 0. The van der Waals surface area contributed by atoms with Crippen LogP contribution in [0.3, 0.4) is 0 Å². The zero-order valence-electron chi connectivity index (χ0n) is 9.15. The van der Waals surface area contributed by atoms with E-state index in [2.05, 4.69) is 0 Å². The van der Waals surface area contributed by atoms with E-state index < -0.39 is 10.0 Å². The summed E-state index contributed by atoms with van der Waals surface area (Å²) >= 11 is 0. The van der Waals surface area contributed by atoms with Crippen molar-refractivity contribution in [2.45, 2.75) is 44.3 Å². The van der Waals surface area contributed by atoms with Crippen molar-refractivity contribution in [2.75, 3.05) is 13.1 Å². The van der Waals surface area contributed by atoms with E-state index >= 15 is 0 Å². The number of nitrogens with zero attached hydrogens (tertiary/aromatic N) is 2.